The molecule has 5 nitrogen and oxygen atoms in total. The quantitative estimate of drug-likeness (QED) is 0.922. The van der Waals surface area contributed by atoms with Crippen LogP contribution in [0, 0.1) is 0 Å². The van der Waals surface area contributed by atoms with E-state index in [4.69, 9.17) is 4.74 Å². The lowest BCUT2D eigenvalue weighted by molar-refractivity contribution is 0.185. The van der Waals surface area contributed by atoms with Gasteiger partial charge in [0.2, 0.25) is 5.95 Å². The summed E-state index contributed by atoms with van der Waals surface area (Å²) in [7, 11) is 0. The molecular weight excluding hydrogens is 284 g/mol. The SMILES string of the molecule is CC1(Nc2nc3c(Br)cccn3n2)CCOC1. The summed E-state index contributed by atoms with van der Waals surface area (Å²) in [5, 5.41) is 7.74. The van der Waals surface area contributed by atoms with Crippen molar-refractivity contribution in [2.24, 2.45) is 0 Å². The van der Waals surface area contributed by atoms with Crippen molar-refractivity contribution in [3.63, 3.8) is 0 Å². The van der Waals surface area contributed by atoms with Gasteiger partial charge < -0.3 is 10.1 Å². The van der Waals surface area contributed by atoms with E-state index in [0.29, 0.717) is 12.6 Å². The predicted octanol–water partition coefficient (Wildman–Crippen LogP) is 2.08. The van der Waals surface area contributed by atoms with Crippen molar-refractivity contribution in [1.29, 1.82) is 0 Å². The van der Waals surface area contributed by atoms with Gasteiger partial charge in [-0.15, -0.1) is 5.10 Å². The number of ether oxygens (including phenoxy) is 1. The van der Waals surface area contributed by atoms with Gasteiger partial charge in [0.1, 0.15) is 0 Å². The molecule has 17 heavy (non-hydrogen) atoms. The molecule has 0 amide bonds. The van der Waals surface area contributed by atoms with Gasteiger partial charge in [0.15, 0.2) is 5.65 Å². The molecule has 0 spiro atoms. The normalized spacial score (nSPS) is 24.4. The van der Waals surface area contributed by atoms with Gasteiger partial charge in [-0.25, -0.2) is 4.52 Å². The summed E-state index contributed by atoms with van der Waals surface area (Å²) < 4.78 is 8.09. The average molecular weight is 297 g/mol. The molecule has 0 saturated carbocycles. The first-order valence-corrected chi connectivity index (χ1v) is 6.32. The number of rotatable bonds is 2. The summed E-state index contributed by atoms with van der Waals surface area (Å²) in [5.41, 5.74) is 0.759. The summed E-state index contributed by atoms with van der Waals surface area (Å²) >= 11 is 3.46. The highest BCUT2D eigenvalue weighted by atomic mass is 79.9. The highest BCUT2D eigenvalue weighted by molar-refractivity contribution is 9.10. The fourth-order valence-electron chi connectivity index (χ4n) is 1.96. The summed E-state index contributed by atoms with van der Waals surface area (Å²) in [6, 6.07) is 3.88. The Hall–Kier alpha value is -1.14. The Morgan fingerprint density at radius 3 is 3.18 bits per heavy atom. The molecule has 1 atom stereocenters. The Morgan fingerprint density at radius 1 is 1.59 bits per heavy atom. The molecule has 2 aromatic heterocycles. The molecular formula is C11H13BrN4O. The largest absolute Gasteiger partial charge is 0.379 e. The second-order valence-corrected chi connectivity index (χ2v) is 5.40. The third-order valence-electron chi connectivity index (χ3n) is 2.95. The molecule has 3 heterocycles. The zero-order valence-electron chi connectivity index (χ0n) is 9.48. The maximum absolute atomic E-state index is 5.40. The average Bonchev–Trinajstić information content (AvgIpc) is 2.86. The highest BCUT2D eigenvalue weighted by Gasteiger charge is 2.30. The monoisotopic (exact) mass is 296 g/mol. The van der Waals surface area contributed by atoms with Gasteiger partial charge in [-0.1, -0.05) is 0 Å². The van der Waals surface area contributed by atoms with Crippen LogP contribution in [0.1, 0.15) is 13.3 Å². The van der Waals surface area contributed by atoms with Gasteiger partial charge in [0, 0.05) is 12.8 Å². The molecule has 90 valence electrons. The molecule has 6 heteroatoms. The topological polar surface area (TPSA) is 51.5 Å². The van der Waals surface area contributed by atoms with Gasteiger partial charge in [0.05, 0.1) is 16.6 Å². The van der Waals surface area contributed by atoms with E-state index in [1.54, 1.807) is 4.52 Å². The third kappa shape index (κ3) is 2.02. The fraction of sp³-hybridized carbons (Fsp3) is 0.455. The van der Waals surface area contributed by atoms with E-state index >= 15 is 0 Å². The number of anilines is 1. The zero-order valence-corrected chi connectivity index (χ0v) is 11.1. The highest BCUT2D eigenvalue weighted by Crippen LogP contribution is 2.23. The number of nitrogens with one attached hydrogen (secondary N) is 1. The first-order valence-electron chi connectivity index (χ1n) is 5.53. The summed E-state index contributed by atoms with van der Waals surface area (Å²) in [5.74, 6) is 0.643. The van der Waals surface area contributed by atoms with Crippen LogP contribution >= 0.6 is 15.9 Å². The van der Waals surface area contributed by atoms with Crippen molar-refractivity contribution >= 4 is 27.5 Å². The van der Waals surface area contributed by atoms with Crippen LogP contribution in [-0.2, 0) is 4.74 Å². The fourth-order valence-corrected chi connectivity index (χ4v) is 2.39. The van der Waals surface area contributed by atoms with Gasteiger partial charge >= 0.3 is 0 Å². The first-order chi connectivity index (χ1) is 8.16. The zero-order chi connectivity index (χ0) is 11.9. The third-order valence-corrected chi connectivity index (χ3v) is 3.57. The lowest BCUT2D eigenvalue weighted by Crippen LogP contribution is -2.35. The number of nitrogens with zero attached hydrogens (tertiary/aromatic N) is 3. The smallest absolute Gasteiger partial charge is 0.243 e. The van der Waals surface area contributed by atoms with E-state index < -0.39 is 0 Å². The maximum Gasteiger partial charge on any atom is 0.243 e. The van der Waals surface area contributed by atoms with E-state index in [9.17, 15) is 0 Å². The van der Waals surface area contributed by atoms with Crippen LogP contribution < -0.4 is 5.32 Å². The number of pyridine rings is 1. The molecule has 1 aliphatic heterocycles. The van der Waals surface area contributed by atoms with Crippen molar-refractivity contribution in [3.8, 4) is 0 Å². The van der Waals surface area contributed by atoms with Crippen LogP contribution in [0.15, 0.2) is 22.8 Å². The first kappa shape index (κ1) is 11.0. The Morgan fingerprint density at radius 2 is 2.47 bits per heavy atom. The number of aromatic nitrogens is 3. The number of fused-ring (bicyclic) bond motifs is 1. The van der Waals surface area contributed by atoms with Crippen LogP contribution in [0.4, 0.5) is 5.95 Å². The van der Waals surface area contributed by atoms with Crippen LogP contribution in [0.5, 0.6) is 0 Å². The van der Waals surface area contributed by atoms with Crippen molar-refractivity contribution in [2.45, 2.75) is 18.9 Å². The Kier molecular flexibility index (Phi) is 2.56. The van der Waals surface area contributed by atoms with Gasteiger partial charge in [-0.3, -0.25) is 0 Å². The standard InChI is InChI=1S/C11H13BrN4O/c1-11(4-6-17-7-11)14-10-13-9-8(12)3-2-5-16(9)15-10/h2-3,5H,4,6-7H2,1H3,(H,14,15). The van der Waals surface area contributed by atoms with Crippen molar-refractivity contribution in [2.75, 3.05) is 18.5 Å². The van der Waals surface area contributed by atoms with Crippen LogP contribution in [0.3, 0.4) is 0 Å². The van der Waals surface area contributed by atoms with Crippen LogP contribution in [0.25, 0.3) is 5.65 Å². The van der Waals surface area contributed by atoms with Crippen molar-refractivity contribution in [1.82, 2.24) is 14.6 Å². The molecule has 3 rings (SSSR count). The molecule has 1 N–H and O–H groups in total. The summed E-state index contributed by atoms with van der Waals surface area (Å²) in [6.45, 7) is 3.62. The van der Waals surface area contributed by atoms with Crippen molar-refractivity contribution in [3.05, 3.63) is 22.8 Å². The molecule has 0 bridgehead atoms. The lowest BCUT2D eigenvalue weighted by atomic mass is 10.0. The second-order valence-electron chi connectivity index (χ2n) is 4.55. The molecule has 0 aliphatic carbocycles. The Labute approximate surface area is 107 Å². The molecule has 0 aromatic carbocycles. The van der Waals surface area contributed by atoms with Gasteiger partial charge in [0.25, 0.3) is 0 Å². The van der Waals surface area contributed by atoms with E-state index in [2.05, 4.69) is 38.3 Å². The number of hydrogen-bond donors (Lipinski definition) is 1. The maximum atomic E-state index is 5.40. The summed E-state index contributed by atoms with van der Waals surface area (Å²) in [6.07, 6.45) is 2.86. The minimum Gasteiger partial charge on any atom is -0.379 e. The van der Waals surface area contributed by atoms with Crippen LogP contribution in [0.2, 0.25) is 0 Å². The van der Waals surface area contributed by atoms with Gasteiger partial charge in [-0.2, -0.15) is 4.98 Å². The molecule has 0 radical (unpaired) electrons. The Bertz CT molecular complexity index is 547. The predicted molar refractivity (Wildman–Crippen MR) is 68.2 cm³/mol. The molecule has 1 aliphatic rings. The molecule has 1 fully saturated rings. The second kappa shape index (κ2) is 3.96. The summed E-state index contributed by atoms with van der Waals surface area (Å²) in [4.78, 5) is 4.46. The van der Waals surface area contributed by atoms with Crippen LogP contribution in [-0.4, -0.2) is 33.4 Å². The minimum atomic E-state index is -0.0581. The molecule has 1 saturated heterocycles. The van der Waals surface area contributed by atoms with E-state index in [-0.39, 0.29) is 5.54 Å². The van der Waals surface area contributed by atoms with Crippen molar-refractivity contribution < 1.29 is 4.74 Å². The number of hydrogen-bond acceptors (Lipinski definition) is 4. The Balaban J connectivity index is 1.93. The number of halogens is 1. The van der Waals surface area contributed by atoms with E-state index in [1.807, 2.05) is 18.3 Å². The molecule has 2 aromatic rings. The minimum absolute atomic E-state index is 0.0581. The van der Waals surface area contributed by atoms with E-state index in [1.165, 1.54) is 0 Å². The van der Waals surface area contributed by atoms with Gasteiger partial charge in [-0.05, 0) is 41.4 Å². The lowest BCUT2D eigenvalue weighted by Gasteiger charge is -2.21. The van der Waals surface area contributed by atoms with E-state index in [0.717, 1.165) is 23.1 Å². The molecule has 1 unspecified atom stereocenters.